The summed E-state index contributed by atoms with van der Waals surface area (Å²) in [6.45, 7) is 5.37. The van der Waals surface area contributed by atoms with Crippen molar-refractivity contribution in [2.24, 2.45) is 0 Å². The molecule has 0 bridgehead atoms. The van der Waals surface area contributed by atoms with Gasteiger partial charge in [0.15, 0.2) is 6.29 Å². The molecule has 0 aliphatic heterocycles. The van der Waals surface area contributed by atoms with Crippen LogP contribution in [0.3, 0.4) is 0 Å². The van der Waals surface area contributed by atoms with Crippen LogP contribution in [0, 0.1) is 0 Å². The third-order valence-electron chi connectivity index (χ3n) is 4.33. The molecule has 0 aromatic carbocycles. The van der Waals surface area contributed by atoms with E-state index in [9.17, 15) is 4.79 Å². The zero-order valence-corrected chi connectivity index (χ0v) is 17.4. The summed E-state index contributed by atoms with van der Waals surface area (Å²) in [6, 6.07) is 0. The predicted molar refractivity (Wildman–Crippen MR) is 108 cm³/mol. The molecule has 0 aromatic heterocycles. The summed E-state index contributed by atoms with van der Waals surface area (Å²) in [7, 11) is 0. The first-order valence-electron chi connectivity index (χ1n) is 10.7. The average molecular weight is 371 g/mol. The second-order valence-corrected chi connectivity index (χ2v) is 7.13. The van der Waals surface area contributed by atoms with E-state index in [0.29, 0.717) is 6.42 Å². The quantitative estimate of drug-likeness (QED) is 0.134. The Kier molecular flexibility index (Phi) is 18.3. The van der Waals surface area contributed by atoms with Gasteiger partial charge in [-0.15, -0.1) is 0 Å². The maximum absolute atomic E-state index is 11.6. The first-order chi connectivity index (χ1) is 12.6. The highest BCUT2D eigenvalue weighted by Crippen LogP contribution is 2.10. The van der Waals surface area contributed by atoms with Crippen molar-refractivity contribution in [2.75, 3.05) is 0 Å². The molecular formula is C22H42O4. The average Bonchev–Trinajstić information content (AvgIpc) is 2.57. The van der Waals surface area contributed by atoms with E-state index in [-0.39, 0.29) is 5.97 Å². The highest BCUT2D eigenvalue weighted by molar-refractivity contribution is 5.69. The van der Waals surface area contributed by atoms with Crippen LogP contribution in [0.4, 0.5) is 0 Å². The van der Waals surface area contributed by atoms with Gasteiger partial charge in [0.05, 0.1) is 0 Å². The lowest BCUT2D eigenvalue weighted by Crippen LogP contribution is -2.22. The first kappa shape index (κ1) is 25.1. The summed E-state index contributed by atoms with van der Waals surface area (Å²) >= 11 is 0. The van der Waals surface area contributed by atoms with E-state index in [4.69, 9.17) is 14.6 Å². The number of carbonyl (C=O) groups excluding carboxylic acids is 1. The lowest BCUT2D eigenvalue weighted by Gasteiger charge is -2.15. The van der Waals surface area contributed by atoms with Crippen LogP contribution in [0.2, 0.25) is 0 Å². The monoisotopic (exact) mass is 370 g/mol. The summed E-state index contributed by atoms with van der Waals surface area (Å²) in [6.07, 6.45) is 19.6. The predicted octanol–water partition coefficient (Wildman–Crippen LogP) is 6.27. The maximum atomic E-state index is 11.6. The SMILES string of the molecule is CCCCCCCC/C=C\CCCCCCCC(=O)OC(C)OC(C)O. The van der Waals surface area contributed by atoms with Gasteiger partial charge in [-0.2, -0.15) is 0 Å². The van der Waals surface area contributed by atoms with Crippen LogP contribution in [0.15, 0.2) is 12.2 Å². The maximum Gasteiger partial charge on any atom is 0.308 e. The molecule has 2 unspecified atom stereocenters. The van der Waals surface area contributed by atoms with Crippen molar-refractivity contribution in [2.45, 2.75) is 123 Å². The Balaban J connectivity index is 3.30. The number of unbranched alkanes of at least 4 members (excludes halogenated alkanes) is 11. The topological polar surface area (TPSA) is 55.8 Å². The number of carbonyl (C=O) groups is 1. The van der Waals surface area contributed by atoms with Crippen LogP contribution in [-0.4, -0.2) is 23.7 Å². The second kappa shape index (κ2) is 18.9. The number of rotatable bonds is 18. The first-order valence-corrected chi connectivity index (χ1v) is 10.7. The van der Waals surface area contributed by atoms with E-state index in [2.05, 4.69) is 19.1 Å². The number of hydrogen-bond acceptors (Lipinski definition) is 4. The largest absolute Gasteiger partial charge is 0.436 e. The Bertz CT molecular complexity index is 339. The van der Waals surface area contributed by atoms with Crippen LogP contribution < -0.4 is 0 Å². The smallest absolute Gasteiger partial charge is 0.308 e. The second-order valence-electron chi connectivity index (χ2n) is 7.13. The molecule has 4 heteroatoms. The normalized spacial score (nSPS) is 13.8. The van der Waals surface area contributed by atoms with Crippen molar-refractivity contribution in [3.8, 4) is 0 Å². The molecule has 0 aromatic rings. The van der Waals surface area contributed by atoms with Crippen LogP contribution in [0.25, 0.3) is 0 Å². The van der Waals surface area contributed by atoms with Crippen molar-refractivity contribution >= 4 is 5.97 Å². The van der Waals surface area contributed by atoms with Crippen LogP contribution in [-0.2, 0) is 14.3 Å². The van der Waals surface area contributed by atoms with Gasteiger partial charge in [-0.25, -0.2) is 0 Å². The van der Waals surface area contributed by atoms with Gasteiger partial charge >= 0.3 is 5.97 Å². The zero-order valence-electron chi connectivity index (χ0n) is 17.4. The number of esters is 1. The van der Waals surface area contributed by atoms with E-state index in [1.54, 1.807) is 6.92 Å². The van der Waals surface area contributed by atoms with Gasteiger partial charge < -0.3 is 14.6 Å². The number of hydrogen-bond donors (Lipinski definition) is 1. The molecule has 0 heterocycles. The van der Waals surface area contributed by atoms with Gasteiger partial charge in [0.1, 0.15) is 0 Å². The van der Waals surface area contributed by atoms with Crippen molar-refractivity contribution in [3.05, 3.63) is 12.2 Å². The van der Waals surface area contributed by atoms with Gasteiger partial charge in [-0.1, -0.05) is 70.4 Å². The summed E-state index contributed by atoms with van der Waals surface area (Å²) < 4.78 is 10.0. The summed E-state index contributed by atoms with van der Waals surface area (Å²) in [5.41, 5.74) is 0. The molecule has 4 nitrogen and oxygen atoms in total. The molecule has 0 aliphatic rings. The van der Waals surface area contributed by atoms with E-state index < -0.39 is 12.6 Å². The van der Waals surface area contributed by atoms with E-state index in [0.717, 1.165) is 19.3 Å². The van der Waals surface area contributed by atoms with Crippen molar-refractivity contribution < 1.29 is 19.4 Å². The lowest BCUT2D eigenvalue weighted by atomic mass is 10.1. The highest BCUT2D eigenvalue weighted by atomic mass is 16.7. The minimum absolute atomic E-state index is 0.254. The van der Waals surface area contributed by atoms with Crippen molar-refractivity contribution in [1.29, 1.82) is 0 Å². The van der Waals surface area contributed by atoms with E-state index in [1.807, 2.05) is 0 Å². The molecule has 0 saturated carbocycles. The zero-order chi connectivity index (χ0) is 19.5. The lowest BCUT2D eigenvalue weighted by molar-refractivity contribution is -0.214. The molecule has 0 rings (SSSR count). The minimum Gasteiger partial charge on any atom is -0.436 e. The molecule has 0 aliphatic carbocycles. The highest BCUT2D eigenvalue weighted by Gasteiger charge is 2.11. The number of aliphatic hydroxyl groups excluding tert-OH is 1. The molecule has 154 valence electrons. The fourth-order valence-corrected chi connectivity index (χ4v) is 2.89. The Hall–Kier alpha value is -0.870. The Labute approximate surface area is 161 Å². The molecule has 0 amide bonds. The number of allylic oxidation sites excluding steroid dienone is 2. The van der Waals surface area contributed by atoms with Gasteiger partial charge in [-0.05, 0) is 46.0 Å². The molecule has 0 saturated heterocycles. The molecule has 0 radical (unpaired) electrons. The standard InChI is InChI=1S/C22H42O4/c1-4-5-6-7-8-9-10-11-12-13-14-15-16-17-18-19-22(24)26-21(3)25-20(2)23/h11-12,20-21,23H,4-10,13-19H2,1-3H3/b12-11-. The minimum atomic E-state index is -0.919. The summed E-state index contributed by atoms with van der Waals surface area (Å²) in [5, 5.41) is 9.03. The van der Waals surface area contributed by atoms with Crippen LogP contribution >= 0.6 is 0 Å². The van der Waals surface area contributed by atoms with Gasteiger partial charge in [0.2, 0.25) is 6.29 Å². The molecule has 26 heavy (non-hydrogen) atoms. The van der Waals surface area contributed by atoms with E-state index in [1.165, 1.54) is 71.1 Å². The summed E-state index contributed by atoms with van der Waals surface area (Å²) in [4.78, 5) is 11.6. The molecule has 0 spiro atoms. The Morgan fingerprint density at radius 2 is 1.35 bits per heavy atom. The van der Waals surface area contributed by atoms with Gasteiger partial charge in [0.25, 0.3) is 0 Å². The molecular weight excluding hydrogens is 328 g/mol. The molecule has 0 fully saturated rings. The third kappa shape index (κ3) is 19.5. The Morgan fingerprint density at radius 3 is 1.88 bits per heavy atom. The fourth-order valence-electron chi connectivity index (χ4n) is 2.89. The third-order valence-corrected chi connectivity index (χ3v) is 4.33. The van der Waals surface area contributed by atoms with Gasteiger partial charge in [-0.3, -0.25) is 4.79 Å². The van der Waals surface area contributed by atoms with Crippen LogP contribution in [0.1, 0.15) is 111 Å². The number of aliphatic hydroxyl groups is 1. The fraction of sp³-hybridized carbons (Fsp3) is 0.864. The Morgan fingerprint density at radius 1 is 0.846 bits per heavy atom. The van der Waals surface area contributed by atoms with E-state index >= 15 is 0 Å². The molecule has 2 atom stereocenters. The van der Waals surface area contributed by atoms with Gasteiger partial charge in [0, 0.05) is 6.42 Å². The van der Waals surface area contributed by atoms with Crippen molar-refractivity contribution in [3.63, 3.8) is 0 Å². The molecule has 1 N–H and O–H groups in total. The summed E-state index contributed by atoms with van der Waals surface area (Å²) in [5.74, 6) is -0.254. The van der Waals surface area contributed by atoms with Crippen molar-refractivity contribution in [1.82, 2.24) is 0 Å². The van der Waals surface area contributed by atoms with Crippen LogP contribution in [0.5, 0.6) is 0 Å². The number of ether oxygens (including phenoxy) is 2.